The second-order valence-corrected chi connectivity index (χ2v) is 5.21. The quantitative estimate of drug-likeness (QED) is 0.446. The lowest BCUT2D eigenvalue weighted by Crippen LogP contribution is -2.37. The standard InChI is InChI=1S/C15H27N3/c1-5-14(12(2)3)9-15(16-4)18-11-13-7-6-8-17-10-13/h5,9,12-13,17H,1,6-8,10-11H2,2-4H3,(H,16,18)/b14-9+. The molecule has 0 radical (unpaired) electrons. The van der Waals surface area contributed by atoms with Gasteiger partial charge in [-0.2, -0.15) is 0 Å². The Labute approximate surface area is 111 Å². The van der Waals surface area contributed by atoms with Crippen molar-refractivity contribution in [2.24, 2.45) is 16.8 Å². The zero-order valence-electron chi connectivity index (χ0n) is 12.0. The van der Waals surface area contributed by atoms with Crippen molar-refractivity contribution < 1.29 is 0 Å². The predicted octanol–water partition coefficient (Wildman–Crippen LogP) is 2.37. The molecule has 0 saturated carbocycles. The first-order valence-electron chi connectivity index (χ1n) is 6.92. The topological polar surface area (TPSA) is 36.4 Å². The zero-order valence-corrected chi connectivity index (χ0v) is 12.0. The first-order valence-corrected chi connectivity index (χ1v) is 6.92. The van der Waals surface area contributed by atoms with Gasteiger partial charge >= 0.3 is 0 Å². The molecular weight excluding hydrogens is 222 g/mol. The second kappa shape index (κ2) is 8.09. The third kappa shape index (κ3) is 5.05. The smallest absolute Gasteiger partial charge is 0.120 e. The molecule has 1 aliphatic heterocycles. The molecule has 1 heterocycles. The monoisotopic (exact) mass is 249 g/mol. The molecule has 0 spiro atoms. The van der Waals surface area contributed by atoms with E-state index in [2.05, 4.69) is 42.1 Å². The molecule has 1 fully saturated rings. The van der Waals surface area contributed by atoms with Crippen molar-refractivity contribution in [3.05, 3.63) is 24.3 Å². The summed E-state index contributed by atoms with van der Waals surface area (Å²) in [5.74, 6) is 2.16. The molecule has 18 heavy (non-hydrogen) atoms. The van der Waals surface area contributed by atoms with E-state index in [0.29, 0.717) is 5.92 Å². The molecule has 102 valence electrons. The molecule has 2 N–H and O–H groups in total. The van der Waals surface area contributed by atoms with E-state index in [1.165, 1.54) is 25.0 Å². The van der Waals surface area contributed by atoms with Gasteiger partial charge in [-0.15, -0.1) is 0 Å². The molecule has 0 amide bonds. The molecule has 0 aliphatic carbocycles. The van der Waals surface area contributed by atoms with Gasteiger partial charge < -0.3 is 10.6 Å². The van der Waals surface area contributed by atoms with E-state index in [1.807, 2.05) is 13.1 Å². The number of rotatable bonds is 5. The fourth-order valence-corrected chi connectivity index (χ4v) is 2.16. The van der Waals surface area contributed by atoms with Crippen molar-refractivity contribution in [2.75, 3.05) is 26.7 Å². The average molecular weight is 249 g/mol. The Bertz CT molecular complexity index is 310. The first-order chi connectivity index (χ1) is 8.67. The van der Waals surface area contributed by atoms with Crippen LogP contribution in [0.2, 0.25) is 0 Å². The number of piperidine rings is 1. The van der Waals surface area contributed by atoms with Crippen LogP contribution in [0.4, 0.5) is 0 Å². The Kier molecular flexibility index (Phi) is 6.73. The Morgan fingerprint density at radius 3 is 2.83 bits per heavy atom. The fourth-order valence-electron chi connectivity index (χ4n) is 2.16. The van der Waals surface area contributed by atoms with Crippen molar-refractivity contribution in [1.82, 2.24) is 10.6 Å². The summed E-state index contributed by atoms with van der Waals surface area (Å²) >= 11 is 0. The minimum atomic E-state index is 0.484. The summed E-state index contributed by atoms with van der Waals surface area (Å²) < 4.78 is 0. The molecule has 0 aromatic heterocycles. The van der Waals surface area contributed by atoms with Gasteiger partial charge in [-0.25, -0.2) is 0 Å². The van der Waals surface area contributed by atoms with Crippen LogP contribution in [0.1, 0.15) is 26.7 Å². The maximum absolute atomic E-state index is 4.30. The Balaban J connectivity index is 2.49. The molecule has 1 saturated heterocycles. The van der Waals surface area contributed by atoms with E-state index in [9.17, 15) is 0 Å². The molecule has 1 rings (SSSR count). The van der Waals surface area contributed by atoms with Crippen LogP contribution in [0.3, 0.4) is 0 Å². The van der Waals surface area contributed by atoms with Crippen LogP contribution in [-0.2, 0) is 0 Å². The summed E-state index contributed by atoms with van der Waals surface area (Å²) in [6.45, 7) is 11.5. The number of nitrogens with zero attached hydrogens (tertiary/aromatic N) is 1. The van der Waals surface area contributed by atoms with Gasteiger partial charge in [0.2, 0.25) is 0 Å². The van der Waals surface area contributed by atoms with Crippen molar-refractivity contribution in [3.63, 3.8) is 0 Å². The first kappa shape index (κ1) is 15.0. The number of nitrogens with one attached hydrogen (secondary N) is 2. The van der Waals surface area contributed by atoms with E-state index in [-0.39, 0.29) is 0 Å². The lowest BCUT2D eigenvalue weighted by Gasteiger charge is -2.23. The zero-order chi connectivity index (χ0) is 13.4. The summed E-state index contributed by atoms with van der Waals surface area (Å²) in [6, 6.07) is 0. The van der Waals surface area contributed by atoms with E-state index in [1.54, 1.807) is 0 Å². The maximum Gasteiger partial charge on any atom is 0.120 e. The molecule has 1 unspecified atom stereocenters. The number of hydrogen-bond acceptors (Lipinski definition) is 2. The summed E-state index contributed by atoms with van der Waals surface area (Å²) in [5, 5.41) is 6.88. The third-order valence-corrected chi connectivity index (χ3v) is 3.42. The van der Waals surface area contributed by atoms with Crippen LogP contribution >= 0.6 is 0 Å². The van der Waals surface area contributed by atoms with Crippen molar-refractivity contribution in [2.45, 2.75) is 26.7 Å². The van der Waals surface area contributed by atoms with Gasteiger partial charge in [-0.3, -0.25) is 4.99 Å². The predicted molar refractivity (Wildman–Crippen MR) is 80.1 cm³/mol. The number of amidine groups is 1. The second-order valence-electron chi connectivity index (χ2n) is 5.21. The van der Waals surface area contributed by atoms with Crippen molar-refractivity contribution in [3.8, 4) is 0 Å². The van der Waals surface area contributed by atoms with Crippen LogP contribution in [0.5, 0.6) is 0 Å². The number of hydrogen-bond donors (Lipinski definition) is 2. The van der Waals surface area contributed by atoms with Crippen LogP contribution in [0, 0.1) is 11.8 Å². The number of allylic oxidation sites excluding steroid dienone is 2. The highest BCUT2D eigenvalue weighted by atomic mass is 15.0. The van der Waals surface area contributed by atoms with Crippen LogP contribution in [0.25, 0.3) is 0 Å². The highest BCUT2D eigenvalue weighted by molar-refractivity contribution is 5.93. The fraction of sp³-hybridized carbons (Fsp3) is 0.667. The minimum Gasteiger partial charge on any atom is -0.370 e. The molecule has 3 heteroatoms. The van der Waals surface area contributed by atoms with Gasteiger partial charge in [0.1, 0.15) is 5.84 Å². The van der Waals surface area contributed by atoms with Gasteiger partial charge in [0.25, 0.3) is 0 Å². The van der Waals surface area contributed by atoms with Gasteiger partial charge in [0, 0.05) is 13.6 Å². The van der Waals surface area contributed by atoms with E-state index < -0.39 is 0 Å². The van der Waals surface area contributed by atoms with Crippen LogP contribution in [0.15, 0.2) is 29.3 Å². The van der Waals surface area contributed by atoms with Crippen LogP contribution < -0.4 is 10.6 Å². The van der Waals surface area contributed by atoms with E-state index in [0.717, 1.165) is 24.8 Å². The Morgan fingerprint density at radius 2 is 2.33 bits per heavy atom. The number of aliphatic imine (C=N–C) groups is 1. The maximum atomic E-state index is 4.30. The van der Waals surface area contributed by atoms with Gasteiger partial charge in [-0.05, 0) is 49.4 Å². The molecule has 1 atom stereocenters. The molecule has 3 nitrogen and oxygen atoms in total. The van der Waals surface area contributed by atoms with Gasteiger partial charge in [0.05, 0.1) is 0 Å². The summed E-state index contributed by atoms with van der Waals surface area (Å²) in [4.78, 5) is 4.30. The largest absolute Gasteiger partial charge is 0.370 e. The van der Waals surface area contributed by atoms with Crippen LogP contribution in [-0.4, -0.2) is 32.5 Å². The Hall–Kier alpha value is -1.09. The van der Waals surface area contributed by atoms with Gasteiger partial charge in [0.15, 0.2) is 0 Å². The minimum absolute atomic E-state index is 0.484. The molecular formula is C15H27N3. The molecule has 0 aromatic carbocycles. The van der Waals surface area contributed by atoms with Gasteiger partial charge in [-0.1, -0.05) is 26.5 Å². The molecule has 0 aromatic rings. The van der Waals surface area contributed by atoms with Crippen molar-refractivity contribution in [1.29, 1.82) is 0 Å². The summed E-state index contributed by atoms with van der Waals surface area (Å²) in [5.41, 5.74) is 1.23. The lowest BCUT2D eigenvalue weighted by molar-refractivity contribution is 0.376. The normalized spacial score (nSPS) is 22.1. The third-order valence-electron chi connectivity index (χ3n) is 3.42. The molecule has 0 bridgehead atoms. The van der Waals surface area contributed by atoms with E-state index >= 15 is 0 Å². The van der Waals surface area contributed by atoms with Crippen molar-refractivity contribution >= 4 is 5.84 Å². The molecule has 1 aliphatic rings. The summed E-state index contributed by atoms with van der Waals surface area (Å²) in [6.07, 6.45) is 6.61. The highest BCUT2D eigenvalue weighted by Crippen LogP contribution is 2.11. The highest BCUT2D eigenvalue weighted by Gasteiger charge is 2.12. The Morgan fingerprint density at radius 1 is 1.56 bits per heavy atom. The SMILES string of the molecule is C=C/C(=C\C(=N/C)NCC1CCCNC1)C(C)C. The van der Waals surface area contributed by atoms with E-state index in [4.69, 9.17) is 0 Å². The summed E-state index contributed by atoms with van der Waals surface area (Å²) in [7, 11) is 1.83. The lowest BCUT2D eigenvalue weighted by atomic mass is 9.99. The average Bonchev–Trinajstić information content (AvgIpc) is 2.40.